The molecule has 0 aliphatic rings. The summed E-state index contributed by atoms with van der Waals surface area (Å²) in [5, 5.41) is 14.1. The van der Waals surface area contributed by atoms with Crippen molar-refractivity contribution >= 4 is 57.2 Å². The fourth-order valence-corrected chi connectivity index (χ4v) is 2.34. The van der Waals surface area contributed by atoms with Crippen LogP contribution in [0.5, 0.6) is 0 Å². The predicted molar refractivity (Wildman–Crippen MR) is 82.8 cm³/mol. The first-order chi connectivity index (χ1) is 8.95. The zero-order valence-electron chi connectivity index (χ0n) is 9.43. The first kappa shape index (κ1) is 13.8. The van der Waals surface area contributed by atoms with Crippen LogP contribution in [-0.2, 0) is 0 Å². The van der Waals surface area contributed by atoms with Crippen molar-refractivity contribution in [2.45, 2.75) is 0 Å². The molecular formula is C11H8ClIN4O2. The second kappa shape index (κ2) is 5.57. The molecule has 0 bridgehead atoms. The summed E-state index contributed by atoms with van der Waals surface area (Å²) in [4.78, 5) is 14.2. The Kier molecular flexibility index (Phi) is 4.05. The topological polar surface area (TPSA) is 94.1 Å². The van der Waals surface area contributed by atoms with Gasteiger partial charge in [0.25, 0.3) is 5.69 Å². The van der Waals surface area contributed by atoms with Crippen LogP contribution < -0.4 is 11.1 Å². The van der Waals surface area contributed by atoms with Crippen LogP contribution in [0.15, 0.2) is 30.3 Å². The number of nitrogens with two attached hydrogens (primary N) is 1. The number of aromatic nitrogens is 1. The third kappa shape index (κ3) is 3.44. The zero-order valence-corrected chi connectivity index (χ0v) is 12.3. The first-order valence-electron chi connectivity index (χ1n) is 5.10. The van der Waals surface area contributed by atoms with Gasteiger partial charge in [0.1, 0.15) is 11.6 Å². The second-order valence-electron chi connectivity index (χ2n) is 3.64. The summed E-state index contributed by atoms with van der Waals surface area (Å²) in [6.07, 6.45) is 0. The molecule has 2 rings (SSSR count). The molecule has 8 heteroatoms. The number of hydrogen-bond donors (Lipinski definition) is 2. The first-order valence-corrected chi connectivity index (χ1v) is 6.55. The number of halogens is 2. The van der Waals surface area contributed by atoms with Crippen LogP contribution in [0, 0.1) is 13.7 Å². The van der Waals surface area contributed by atoms with Crippen LogP contribution in [-0.4, -0.2) is 9.91 Å². The number of nitrogens with one attached hydrogen (secondary N) is 1. The summed E-state index contributed by atoms with van der Waals surface area (Å²) in [5.74, 6) is 0.341. The van der Waals surface area contributed by atoms with Gasteiger partial charge in [0.2, 0.25) is 0 Å². The molecule has 0 unspecified atom stereocenters. The van der Waals surface area contributed by atoms with Gasteiger partial charge in [0, 0.05) is 3.57 Å². The molecular weight excluding hydrogens is 383 g/mol. The Morgan fingerprint density at radius 3 is 2.74 bits per heavy atom. The maximum absolute atomic E-state index is 10.7. The summed E-state index contributed by atoms with van der Waals surface area (Å²) in [5.41, 5.74) is 6.00. The van der Waals surface area contributed by atoms with E-state index >= 15 is 0 Å². The van der Waals surface area contributed by atoms with E-state index in [4.69, 9.17) is 17.3 Å². The van der Waals surface area contributed by atoms with Crippen molar-refractivity contribution in [1.29, 1.82) is 0 Å². The third-order valence-electron chi connectivity index (χ3n) is 2.23. The molecule has 0 amide bonds. The SMILES string of the molecule is Nc1cc([N+](=O)[O-])cc(Nc2ccc(I)cc2Cl)n1. The molecule has 19 heavy (non-hydrogen) atoms. The molecule has 0 saturated carbocycles. The highest BCUT2D eigenvalue weighted by Crippen LogP contribution is 2.28. The van der Waals surface area contributed by atoms with E-state index in [9.17, 15) is 10.1 Å². The van der Waals surface area contributed by atoms with Crippen LogP contribution in [0.25, 0.3) is 0 Å². The number of nitrogen functional groups attached to an aromatic ring is 1. The summed E-state index contributed by atoms with van der Waals surface area (Å²) < 4.78 is 0.986. The molecule has 0 saturated heterocycles. The molecule has 3 N–H and O–H groups in total. The van der Waals surface area contributed by atoms with E-state index < -0.39 is 4.92 Å². The fourth-order valence-electron chi connectivity index (χ4n) is 1.44. The molecule has 0 atom stereocenters. The number of nitro groups is 1. The molecule has 0 aliphatic heterocycles. The highest BCUT2D eigenvalue weighted by molar-refractivity contribution is 14.1. The van der Waals surface area contributed by atoms with Gasteiger partial charge in [0.15, 0.2) is 0 Å². The fraction of sp³-hybridized carbons (Fsp3) is 0. The number of anilines is 3. The summed E-state index contributed by atoms with van der Waals surface area (Å²) in [6, 6.07) is 7.88. The lowest BCUT2D eigenvalue weighted by Crippen LogP contribution is -2.00. The van der Waals surface area contributed by atoms with Crippen molar-refractivity contribution in [1.82, 2.24) is 4.98 Å². The Hall–Kier alpha value is -1.61. The van der Waals surface area contributed by atoms with Gasteiger partial charge in [-0.1, -0.05) is 11.6 Å². The van der Waals surface area contributed by atoms with Crippen LogP contribution in [0.3, 0.4) is 0 Å². The van der Waals surface area contributed by atoms with Crippen molar-refractivity contribution in [3.63, 3.8) is 0 Å². The standard InChI is InChI=1S/C11H8ClIN4O2/c12-8-3-6(13)1-2-9(8)15-11-5-7(17(18)19)4-10(14)16-11/h1-5H,(H3,14,15,16). The lowest BCUT2D eigenvalue weighted by Gasteiger charge is -2.08. The predicted octanol–water partition coefficient (Wildman–Crippen LogP) is 3.57. The van der Waals surface area contributed by atoms with Gasteiger partial charge in [-0.2, -0.15) is 0 Å². The van der Waals surface area contributed by atoms with E-state index in [0.29, 0.717) is 10.7 Å². The van der Waals surface area contributed by atoms with Gasteiger partial charge in [-0.3, -0.25) is 10.1 Å². The number of rotatable bonds is 3. The second-order valence-corrected chi connectivity index (χ2v) is 5.29. The van der Waals surface area contributed by atoms with Crippen molar-refractivity contribution in [2.75, 3.05) is 11.1 Å². The molecule has 0 radical (unpaired) electrons. The summed E-state index contributed by atoms with van der Waals surface area (Å²) in [6.45, 7) is 0. The van der Waals surface area contributed by atoms with E-state index in [1.807, 2.05) is 6.07 Å². The molecule has 0 fully saturated rings. The molecule has 6 nitrogen and oxygen atoms in total. The van der Waals surface area contributed by atoms with Crippen molar-refractivity contribution in [3.8, 4) is 0 Å². The zero-order chi connectivity index (χ0) is 14.0. The molecule has 2 aromatic rings. The Labute approximate surface area is 127 Å². The lowest BCUT2D eigenvalue weighted by molar-refractivity contribution is -0.384. The minimum absolute atomic E-state index is 0.0679. The highest BCUT2D eigenvalue weighted by Gasteiger charge is 2.11. The maximum Gasteiger partial charge on any atom is 0.276 e. The van der Waals surface area contributed by atoms with E-state index in [0.717, 1.165) is 3.57 Å². The number of pyridine rings is 1. The van der Waals surface area contributed by atoms with Gasteiger partial charge in [-0.15, -0.1) is 0 Å². The molecule has 1 aromatic heterocycles. The third-order valence-corrected chi connectivity index (χ3v) is 3.22. The van der Waals surface area contributed by atoms with Gasteiger partial charge in [-0.25, -0.2) is 4.98 Å². The van der Waals surface area contributed by atoms with E-state index in [-0.39, 0.29) is 17.3 Å². The average Bonchev–Trinajstić information content (AvgIpc) is 2.32. The average molecular weight is 391 g/mol. The number of nitrogens with zero attached hydrogens (tertiary/aromatic N) is 2. The number of benzene rings is 1. The normalized spacial score (nSPS) is 10.2. The Bertz CT molecular complexity index is 651. The monoisotopic (exact) mass is 390 g/mol. The quantitative estimate of drug-likeness (QED) is 0.475. The molecule has 0 aliphatic carbocycles. The molecule has 0 spiro atoms. The molecule has 98 valence electrons. The van der Waals surface area contributed by atoms with E-state index in [1.54, 1.807) is 12.1 Å². The van der Waals surface area contributed by atoms with Gasteiger partial charge < -0.3 is 11.1 Å². The Morgan fingerprint density at radius 1 is 1.37 bits per heavy atom. The Morgan fingerprint density at radius 2 is 2.11 bits per heavy atom. The molecule has 1 aromatic carbocycles. The van der Waals surface area contributed by atoms with Crippen molar-refractivity contribution < 1.29 is 4.92 Å². The minimum atomic E-state index is -0.529. The maximum atomic E-state index is 10.7. The van der Waals surface area contributed by atoms with Gasteiger partial charge in [0.05, 0.1) is 27.8 Å². The van der Waals surface area contributed by atoms with Crippen LogP contribution in [0.1, 0.15) is 0 Å². The number of hydrogen-bond acceptors (Lipinski definition) is 5. The van der Waals surface area contributed by atoms with Crippen molar-refractivity contribution in [3.05, 3.63) is 49.0 Å². The van der Waals surface area contributed by atoms with Gasteiger partial charge >= 0.3 is 0 Å². The van der Waals surface area contributed by atoms with E-state index in [2.05, 4.69) is 32.9 Å². The molecule has 1 heterocycles. The lowest BCUT2D eigenvalue weighted by atomic mass is 10.3. The smallest absolute Gasteiger partial charge is 0.276 e. The minimum Gasteiger partial charge on any atom is -0.383 e. The van der Waals surface area contributed by atoms with Crippen LogP contribution in [0.2, 0.25) is 5.02 Å². The highest BCUT2D eigenvalue weighted by atomic mass is 127. The van der Waals surface area contributed by atoms with E-state index in [1.165, 1.54) is 12.1 Å². The van der Waals surface area contributed by atoms with Crippen LogP contribution in [0.4, 0.5) is 23.0 Å². The van der Waals surface area contributed by atoms with Gasteiger partial charge in [-0.05, 0) is 40.8 Å². The Balaban J connectivity index is 2.35. The summed E-state index contributed by atoms with van der Waals surface area (Å²) >= 11 is 8.20. The van der Waals surface area contributed by atoms with Crippen LogP contribution >= 0.6 is 34.2 Å². The summed E-state index contributed by atoms with van der Waals surface area (Å²) in [7, 11) is 0. The van der Waals surface area contributed by atoms with Crippen molar-refractivity contribution in [2.24, 2.45) is 0 Å². The largest absolute Gasteiger partial charge is 0.383 e.